The molecule has 0 saturated heterocycles. The molecule has 0 aliphatic rings. The van der Waals surface area contributed by atoms with Crippen LogP contribution in [0.4, 0.5) is 5.69 Å². The lowest BCUT2D eigenvalue weighted by atomic mass is 9.99. The molecule has 6 nitrogen and oxygen atoms in total. The van der Waals surface area contributed by atoms with Gasteiger partial charge in [-0.05, 0) is 18.6 Å². The second kappa shape index (κ2) is 5.07. The molecule has 0 heterocycles. The molecule has 1 aromatic rings. The Morgan fingerprint density at radius 1 is 1.59 bits per heavy atom. The molecule has 1 aromatic carbocycles. The number of rotatable bonds is 3. The van der Waals surface area contributed by atoms with E-state index in [1.807, 2.05) is 6.07 Å². The third kappa shape index (κ3) is 2.23. The molecule has 0 spiro atoms. The van der Waals surface area contributed by atoms with Crippen LogP contribution in [0.1, 0.15) is 28.4 Å². The van der Waals surface area contributed by atoms with Crippen molar-refractivity contribution in [3.8, 4) is 6.07 Å². The minimum atomic E-state index is -0.782. The Kier molecular flexibility index (Phi) is 3.78. The van der Waals surface area contributed by atoms with Crippen LogP contribution in [-0.4, -0.2) is 18.0 Å². The minimum absolute atomic E-state index is 0.131. The number of nitro benzene ring substituents is 1. The van der Waals surface area contributed by atoms with E-state index in [0.29, 0.717) is 6.42 Å². The zero-order valence-corrected chi connectivity index (χ0v) is 9.39. The number of methoxy groups -OCH3 is 1. The second-order valence-corrected chi connectivity index (χ2v) is 3.20. The van der Waals surface area contributed by atoms with Crippen molar-refractivity contribution in [3.05, 3.63) is 38.9 Å². The van der Waals surface area contributed by atoms with Crippen LogP contribution in [0.2, 0.25) is 0 Å². The van der Waals surface area contributed by atoms with Crippen molar-refractivity contribution in [2.45, 2.75) is 13.3 Å². The molecule has 17 heavy (non-hydrogen) atoms. The maximum Gasteiger partial charge on any atom is 0.344 e. The van der Waals surface area contributed by atoms with Crippen molar-refractivity contribution in [2.24, 2.45) is 0 Å². The number of nitro groups is 1. The van der Waals surface area contributed by atoms with Gasteiger partial charge < -0.3 is 4.74 Å². The summed E-state index contributed by atoms with van der Waals surface area (Å²) in [6, 6.07) is 4.49. The first-order valence-corrected chi connectivity index (χ1v) is 4.85. The van der Waals surface area contributed by atoms with Gasteiger partial charge in [-0.15, -0.1) is 0 Å². The zero-order chi connectivity index (χ0) is 13.0. The lowest BCUT2D eigenvalue weighted by molar-refractivity contribution is -0.385. The first-order valence-electron chi connectivity index (χ1n) is 4.85. The summed E-state index contributed by atoms with van der Waals surface area (Å²) in [4.78, 5) is 21.7. The number of benzene rings is 1. The Morgan fingerprint density at radius 2 is 2.24 bits per heavy atom. The summed E-state index contributed by atoms with van der Waals surface area (Å²) in [6.45, 7) is 1.68. The molecule has 6 heteroatoms. The van der Waals surface area contributed by atoms with Crippen LogP contribution in [-0.2, 0) is 11.2 Å². The van der Waals surface area contributed by atoms with E-state index in [0.717, 1.165) is 7.11 Å². The number of esters is 1. The topological polar surface area (TPSA) is 93.2 Å². The number of nitriles is 1. The fourth-order valence-electron chi connectivity index (χ4n) is 1.58. The standard InChI is InChI=1S/C11H10N2O4/c1-3-8-7(6-12)4-5-9(11(14)17-2)10(8)13(15)16/h4-5H,3H2,1-2H3. The highest BCUT2D eigenvalue weighted by Gasteiger charge is 2.26. The Morgan fingerprint density at radius 3 is 2.65 bits per heavy atom. The molecule has 0 fully saturated rings. The van der Waals surface area contributed by atoms with Gasteiger partial charge in [-0.2, -0.15) is 5.26 Å². The highest BCUT2D eigenvalue weighted by molar-refractivity contribution is 5.95. The van der Waals surface area contributed by atoms with Gasteiger partial charge in [-0.25, -0.2) is 4.79 Å². The Bertz CT molecular complexity index is 517. The van der Waals surface area contributed by atoms with Crippen molar-refractivity contribution < 1.29 is 14.5 Å². The first kappa shape index (κ1) is 12.6. The lowest BCUT2D eigenvalue weighted by Gasteiger charge is -2.06. The van der Waals surface area contributed by atoms with Gasteiger partial charge in [0.25, 0.3) is 5.69 Å². The fourth-order valence-corrected chi connectivity index (χ4v) is 1.58. The van der Waals surface area contributed by atoms with Crippen LogP contribution in [0.5, 0.6) is 0 Å². The van der Waals surface area contributed by atoms with Crippen LogP contribution in [0.3, 0.4) is 0 Å². The summed E-state index contributed by atoms with van der Waals surface area (Å²) in [6.07, 6.45) is 0.296. The van der Waals surface area contributed by atoms with E-state index in [-0.39, 0.29) is 22.4 Å². The molecule has 0 amide bonds. The van der Waals surface area contributed by atoms with E-state index in [9.17, 15) is 14.9 Å². The van der Waals surface area contributed by atoms with Crippen molar-refractivity contribution in [1.82, 2.24) is 0 Å². The molecule has 0 radical (unpaired) electrons. The van der Waals surface area contributed by atoms with E-state index in [2.05, 4.69) is 4.74 Å². The van der Waals surface area contributed by atoms with Crippen LogP contribution in [0.25, 0.3) is 0 Å². The second-order valence-electron chi connectivity index (χ2n) is 3.20. The maximum absolute atomic E-state index is 11.4. The first-order chi connectivity index (χ1) is 8.06. The number of ether oxygens (including phenoxy) is 1. The van der Waals surface area contributed by atoms with E-state index < -0.39 is 10.9 Å². The SMILES string of the molecule is CCc1c(C#N)ccc(C(=O)OC)c1[N+](=O)[O-]. The molecule has 88 valence electrons. The van der Waals surface area contributed by atoms with E-state index >= 15 is 0 Å². The summed E-state index contributed by atoms with van der Waals surface area (Å²) >= 11 is 0. The van der Waals surface area contributed by atoms with Gasteiger partial charge in [0.1, 0.15) is 5.56 Å². The molecule has 0 N–H and O–H groups in total. The fraction of sp³-hybridized carbons (Fsp3) is 0.273. The van der Waals surface area contributed by atoms with Gasteiger partial charge in [0.2, 0.25) is 0 Å². The monoisotopic (exact) mass is 234 g/mol. The molecular formula is C11H10N2O4. The summed E-state index contributed by atoms with van der Waals surface area (Å²) in [5.41, 5.74) is -0.0287. The van der Waals surface area contributed by atoms with Gasteiger partial charge >= 0.3 is 5.97 Å². The summed E-state index contributed by atoms with van der Waals surface area (Å²) in [5, 5.41) is 19.8. The number of carbonyl (C=O) groups is 1. The van der Waals surface area contributed by atoms with Crippen LogP contribution in [0, 0.1) is 21.4 Å². The average Bonchev–Trinajstić information content (AvgIpc) is 2.35. The predicted octanol–water partition coefficient (Wildman–Crippen LogP) is 1.82. The Hall–Kier alpha value is -2.42. The van der Waals surface area contributed by atoms with E-state index in [1.165, 1.54) is 12.1 Å². The molecule has 0 unspecified atom stereocenters. The largest absolute Gasteiger partial charge is 0.465 e. The number of hydrogen-bond acceptors (Lipinski definition) is 5. The van der Waals surface area contributed by atoms with Gasteiger partial charge in [-0.1, -0.05) is 6.92 Å². The normalized spacial score (nSPS) is 9.47. The summed E-state index contributed by atoms with van der Waals surface area (Å²) in [5.74, 6) is -0.782. The van der Waals surface area contributed by atoms with Crippen LogP contribution >= 0.6 is 0 Å². The molecule has 0 aliphatic carbocycles. The molecule has 0 aliphatic heterocycles. The number of hydrogen-bond donors (Lipinski definition) is 0. The molecule has 1 rings (SSSR count). The minimum Gasteiger partial charge on any atom is -0.465 e. The molecule has 0 saturated carbocycles. The number of nitrogens with zero attached hydrogens (tertiary/aromatic N) is 2. The van der Waals surface area contributed by atoms with Crippen molar-refractivity contribution in [2.75, 3.05) is 7.11 Å². The van der Waals surface area contributed by atoms with Crippen molar-refractivity contribution in [1.29, 1.82) is 5.26 Å². The predicted molar refractivity (Wildman–Crippen MR) is 58.5 cm³/mol. The maximum atomic E-state index is 11.4. The Balaban J connectivity index is 3.60. The van der Waals surface area contributed by atoms with Gasteiger partial charge in [-0.3, -0.25) is 10.1 Å². The van der Waals surface area contributed by atoms with Crippen LogP contribution in [0.15, 0.2) is 12.1 Å². The van der Waals surface area contributed by atoms with Gasteiger partial charge in [0.05, 0.1) is 23.7 Å². The van der Waals surface area contributed by atoms with Gasteiger partial charge in [0, 0.05) is 5.56 Å². The zero-order valence-electron chi connectivity index (χ0n) is 9.39. The quantitative estimate of drug-likeness (QED) is 0.451. The molecule has 0 aromatic heterocycles. The molecule has 0 atom stereocenters. The van der Waals surface area contributed by atoms with Crippen molar-refractivity contribution >= 4 is 11.7 Å². The molecule has 0 bridgehead atoms. The highest BCUT2D eigenvalue weighted by atomic mass is 16.6. The van der Waals surface area contributed by atoms with Gasteiger partial charge in [0.15, 0.2) is 0 Å². The van der Waals surface area contributed by atoms with Crippen LogP contribution < -0.4 is 0 Å². The Labute approximate surface area is 97.6 Å². The lowest BCUT2D eigenvalue weighted by Crippen LogP contribution is -2.09. The summed E-state index contributed by atoms with van der Waals surface area (Å²) < 4.78 is 4.47. The van der Waals surface area contributed by atoms with E-state index in [4.69, 9.17) is 5.26 Å². The highest BCUT2D eigenvalue weighted by Crippen LogP contribution is 2.28. The average molecular weight is 234 g/mol. The smallest absolute Gasteiger partial charge is 0.344 e. The van der Waals surface area contributed by atoms with Crippen molar-refractivity contribution in [3.63, 3.8) is 0 Å². The third-order valence-corrected chi connectivity index (χ3v) is 2.34. The summed E-state index contributed by atoms with van der Waals surface area (Å²) in [7, 11) is 1.15. The van der Waals surface area contributed by atoms with E-state index in [1.54, 1.807) is 6.92 Å². The number of carbonyl (C=O) groups excluding carboxylic acids is 1. The third-order valence-electron chi connectivity index (χ3n) is 2.34. The molecular weight excluding hydrogens is 224 g/mol.